The third-order valence-electron chi connectivity index (χ3n) is 5.13. The molecular formula is C22H23NO2. The van der Waals surface area contributed by atoms with Gasteiger partial charge in [-0.15, -0.1) is 0 Å². The molecule has 1 fully saturated rings. The van der Waals surface area contributed by atoms with E-state index in [2.05, 4.69) is 29.2 Å². The lowest BCUT2D eigenvalue weighted by atomic mass is 9.86. The zero-order chi connectivity index (χ0) is 17.2. The number of piperidine rings is 1. The highest BCUT2D eigenvalue weighted by Crippen LogP contribution is 2.46. The molecule has 2 aromatic carbocycles. The molecule has 1 saturated heterocycles. The molecule has 4 rings (SSSR count). The van der Waals surface area contributed by atoms with Gasteiger partial charge < -0.3 is 9.64 Å². The van der Waals surface area contributed by atoms with Crippen molar-refractivity contribution in [3.8, 4) is 11.5 Å². The Morgan fingerprint density at radius 3 is 2.08 bits per heavy atom. The van der Waals surface area contributed by atoms with Gasteiger partial charge in [-0.1, -0.05) is 42.0 Å². The van der Waals surface area contributed by atoms with Crippen molar-refractivity contribution in [3.05, 3.63) is 65.2 Å². The van der Waals surface area contributed by atoms with Gasteiger partial charge in [0.15, 0.2) is 0 Å². The molecule has 3 nitrogen and oxygen atoms in total. The molecule has 0 bridgehead atoms. The fourth-order valence-electron chi connectivity index (χ4n) is 3.78. The van der Waals surface area contributed by atoms with Gasteiger partial charge in [0.2, 0.25) is 0 Å². The number of hydrogen-bond acceptors (Lipinski definition) is 3. The zero-order valence-corrected chi connectivity index (χ0v) is 14.6. The number of nitrogens with zero attached hydrogens (tertiary/aromatic N) is 1. The minimum atomic E-state index is 0.274. The third-order valence-corrected chi connectivity index (χ3v) is 5.13. The van der Waals surface area contributed by atoms with Crippen molar-refractivity contribution in [2.24, 2.45) is 0 Å². The molecule has 0 amide bonds. The number of para-hydroxylation sites is 2. The maximum absolute atomic E-state index is 11.2. The topological polar surface area (TPSA) is 29.5 Å². The lowest BCUT2D eigenvalue weighted by Crippen LogP contribution is -2.32. The summed E-state index contributed by atoms with van der Waals surface area (Å²) >= 11 is 0. The normalized spacial score (nSPS) is 16.8. The van der Waals surface area contributed by atoms with Gasteiger partial charge in [-0.3, -0.25) is 4.79 Å². The Hall–Kier alpha value is -2.39. The van der Waals surface area contributed by atoms with Crippen molar-refractivity contribution in [2.45, 2.75) is 26.2 Å². The molecule has 2 aliphatic rings. The van der Waals surface area contributed by atoms with Gasteiger partial charge in [0, 0.05) is 37.2 Å². The second-order valence-electron chi connectivity index (χ2n) is 6.87. The molecule has 0 spiro atoms. The minimum Gasteiger partial charge on any atom is -0.456 e. The van der Waals surface area contributed by atoms with Crippen LogP contribution in [0.2, 0.25) is 0 Å². The van der Waals surface area contributed by atoms with Crippen molar-refractivity contribution in [2.75, 3.05) is 19.6 Å². The standard InChI is InChI=1S/C22H23NO2/c1-16(24)10-13-23-14-11-17(12-15-23)22-18-6-2-4-8-20(18)25-21-9-5-3-7-19(21)22/h2-9H,10-15H2,1H3. The van der Waals surface area contributed by atoms with E-state index in [1.165, 1.54) is 22.3 Å². The summed E-state index contributed by atoms with van der Waals surface area (Å²) in [6.07, 6.45) is 2.76. The molecule has 0 unspecified atom stereocenters. The molecule has 0 atom stereocenters. The van der Waals surface area contributed by atoms with Gasteiger partial charge in [-0.25, -0.2) is 0 Å². The van der Waals surface area contributed by atoms with Gasteiger partial charge in [0.05, 0.1) is 0 Å². The molecule has 0 saturated carbocycles. The van der Waals surface area contributed by atoms with Crippen LogP contribution in [0.5, 0.6) is 11.5 Å². The van der Waals surface area contributed by atoms with Crippen LogP contribution in [0.4, 0.5) is 0 Å². The molecule has 128 valence electrons. The Morgan fingerprint density at radius 1 is 0.960 bits per heavy atom. The lowest BCUT2D eigenvalue weighted by molar-refractivity contribution is -0.117. The van der Waals surface area contributed by atoms with Crippen LogP contribution in [-0.4, -0.2) is 30.3 Å². The van der Waals surface area contributed by atoms with Gasteiger partial charge >= 0.3 is 0 Å². The highest BCUT2D eigenvalue weighted by molar-refractivity contribution is 5.89. The number of ether oxygens (including phenoxy) is 1. The highest BCUT2D eigenvalue weighted by atomic mass is 16.5. The number of benzene rings is 2. The van der Waals surface area contributed by atoms with Crippen LogP contribution in [0, 0.1) is 0 Å². The van der Waals surface area contributed by atoms with Crippen molar-refractivity contribution in [3.63, 3.8) is 0 Å². The van der Waals surface area contributed by atoms with E-state index in [1.54, 1.807) is 6.92 Å². The van der Waals surface area contributed by atoms with E-state index >= 15 is 0 Å². The number of carbonyl (C=O) groups excluding carboxylic acids is 1. The number of Topliss-reactive ketones (excluding diaryl/α,β-unsaturated/α-hetero) is 1. The van der Waals surface area contributed by atoms with Crippen LogP contribution >= 0.6 is 0 Å². The summed E-state index contributed by atoms with van der Waals surface area (Å²) < 4.78 is 6.10. The van der Waals surface area contributed by atoms with E-state index in [-0.39, 0.29) is 5.78 Å². The number of ketones is 1. The van der Waals surface area contributed by atoms with Crippen molar-refractivity contribution >= 4 is 11.4 Å². The zero-order valence-electron chi connectivity index (χ0n) is 14.6. The molecule has 2 heterocycles. The second kappa shape index (κ2) is 6.85. The largest absolute Gasteiger partial charge is 0.456 e. The summed E-state index contributed by atoms with van der Waals surface area (Å²) in [5, 5.41) is 0. The number of fused-ring (bicyclic) bond motifs is 2. The van der Waals surface area contributed by atoms with E-state index in [9.17, 15) is 4.79 Å². The molecule has 2 aliphatic heterocycles. The smallest absolute Gasteiger partial charge is 0.135 e. The minimum absolute atomic E-state index is 0.274. The van der Waals surface area contributed by atoms with E-state index in [0.29, 0.717) is 6.42 Å². The fourth-order valence-corrected chi connectivity index (χ4v) is 3.78. The molecule has 0 aliphatic carbocycles. The van der Waals surface area contributed by atoms with Crippen LogP contribution < -0.4 is 4.74 Å². The van der Waals surface area contributed by atoms with E-state index in [0.717, 1.165) is 44.0 Å². The van der Waals surface area contributed by atoms with Crippen molar-refractivity contribution in [1.82, 2.24) is 4.90 Å². The van der Waals surface area contributed by atoms with Crippen LogP contribution in [0.15, 0.2) is 54.1 Å². The molecule has 25 heavy (non-hydrogen) atoms. The Labute approximate surface area is 148 Å². The molecular weight excluding hydrogens is 310 g/mol. The highest BCUT2D eigenvalue weighted by Gasteiger charge is 2.26. The maximum Gasteiger partial charge on any atom is 0.135 e. The van der Waals surface area contributed by atoms with E-state index in [4.69, 9.17) is 4.74 Å². The molecule has 0 radical (unpaired) electrons. The Balaban J connectivity index is 1.66. The van der Waals surface area contributed by atoms with Gasteiger partial charge in [0.1, 0.15) is 17.3 Å². The predicted molar refractivity (Wildman–Crippen MR) is 100.0 cm³/mol. The Kier molecular flexibility index (Phi) is 4.41. The van der Waals surface area contributed by atoms with Crippen LogP contribution in [0.1, 0.15) is 37.3 Å². The van der Waals surface area contributed by atoms with E-state index < -0.39 is 0 Å². The summed E-state index contributed by atoms with van der Waals surface area (Å²) in [6, 6.07) is 16.6. The molecule has 0 N–H and O–H groups in total. The Morgan fingerprint density at radius 2 is 1.52 bits per heavy atom. The third kappa shape index (κ3) is 3.24. The Bertz CT molecular complexity index is 780. The number of hydrogen-bond donors (Lipinski definition) is 0. The second-order valence-corrected chi connectivity index (χ2v) is 6.87. The first-order chi connectivity index (χ1) is 12.2. The van der Waals surface area contributed by atoms with Crippen LogP contribution in [-0.2, 0) is 4.79 Å². The first-order valence-corrected chi connectivity index (χ1v) is 9.03. The van der Waals surface area contributed by atoms with Crippen LogP contribution in [0.25, 0.3) is 5.57 Å². The SMILES string of the molecule is CC(=O)CCN1CCC(=C2c3ccccc3Oc3ccccc32)CC1. The lowest BCUT2D eigenvalue weighted by Gasteiger charge is -2.32. The van der Waals surface area contributed by atoms with Crippen molar-refractivity contribution in [1.29, 1.82) is 0 Å². The fraction of sp³-hybridized carbons (Fsp3) is 0.318. The summed E-state index contributed by atoms with van der Waals surface area (Å²) in [4.78, 5) is 13.6. The average molecular weight is 333 g/mol. The molecule has 3 heteroatoms. The monoisotopic (exact) mass is 333 g/mol. The quantitative estimate of drug-likeness (QED) is 0.697. The van der Waals surface area contributed by atoms with Crippen molar-refractivity contribution < 1.29 is 9.53 Å². The summed E-state index contributed by atoms with van der Waals surface area (Å²) in [5.74, 6) is 2.17. The average Bonchev–Trinajstić information content (AvgIpc) is 2.65. The summed E-state index contributed by atoms with van der Waals surface area (Å²) in [6.45, 7) is 4.61. The predicted octanol–water partition coefficient (Wildman–Crippen LogP) is 4.67. The number of carbonyl (C=O) groups is 1. The summed E-state index contributed by atoms with van der Waals surface area (Å²) in [5.41, 5.74) is 5.26. The van der Waals surface area contributed by atoms with Gasteiger partial charge in [-0.2, -0.15) is 0 Å². The molecule has 0 aromatic heterocycles. The first kappa shape index (κ1) is 16.1. The van der Waals surface area contributed by atoms with E-state index in [1.807, 2.05) is 24.3 Å². The number of likely N-dealkylation sites (tertiary alicyclic amines) is 1. The summed E-state index contributed by atoms with van der Waals surface area (Å²) in [7, 11) is 0. The maximum atomic E-state index is 11.2. The first-order valence-electron chi connectivity index (χ1n) is 9.03. The van der Waals surface area contributed by atoms with Gasteiger partial charge in [0.25, 0.3) is 0 Å². The molecule has 2 aromatic rings. The number of rotatable bonds is 3. The van der Waals surface area contributed by atoms with Crippen LogP contribution in [0.3, 0.4) is 0 Å². The van der Waals surface area contributed by atoms with Gasteiger partial charge in [-0.05, 0) is 37.5 Å².